The topological polar surface area (TPSA) is 61.4 Å². The van der Waals surface area contributed by atoms with Gasteiger partial charge in [0, 0.05) is 12.6 Å². The van der Waals surface area contributed by atoms with E-state index in [0.717, 1.165) is 12.8 Å². The average Bonchev–Trinajstić information content (AvgIpc) is 2.36. The van der Waals surface area contributed by atoms with Crippen LogP contribution in [-0.2, 0) is 0 Å². The second-order valence-corrected chi connectivity index (χ2v) is 7.38. The van der Waals surface area contributed by atoms with Crippen molar-refractivity contribution in [2.24, 2.45) is 11.3 Å². The van der Waals surface area contributed by atoms with Gasteiger partial charge in [-0.15, -0.1) is 0 Å². The van der Waals surface area contributed by atoms with Crippen molar-refractivity contribution in [3.05, 3.63) is 0 Å². The first-order chi connectivity index (χ1) is 10.0. The molecule has 4 nitrogen and oxygen atoms in total. The Bertz CT molecular complexity index is 359. The van der Waals surface area contributed by atoms with Crippen molar-refractivity contribution in [2.45, 2.75) is 71.1 Å². The number of amides is 2. The summed E-state index contributed by atoms with van der Waals surface area (Å²) in [7, 11) is 0. The highest BCUT2D eigenvalue weighted by molar-refractivity contribution is 5.74. The summed E-state index contributed by atoms with van der Waals surface area (Å²) in [6.07, 6.45) is -1.68. The van der Waals surface area contributed by atoms with Gasteiger partial charge in [0.05, 0.1) is 0 Å². The molecule has 0 aromatic carbocycles. The Morgan fingerprint density at radius 1 is 1.18 bits per heavy atom. The van der Waals surface area contributed by atoms with Gasteiger partial charge < -0.3 is 15.7 Å². The molecular formula is C15H27F3N2O2. The summed E-state index contributed by atoms with van der Waals surface area (Å²) < 4.78 is 39.0. The zero-order valence-corrected chi connectivity index (χ0v) is 13.5. The van der Waals surface area contributed by atoms with Crippen LogP contribution >= 0.6 is 0 Å². The maximum absolute atomic E-state index is 13.0. The van der Waals surface area contributed by atoms with Crippen LogP contribution in [0.15, 0.2) is 0 Å². The van der Waals surface area contributed by atoms with E-state index in [-0.39, 0.29) is 25.0 Å². The average molecular weight is 324 g/mol. The van der Waals surface area contributed by atoms with E-state index in [2.05, 4.69) is 10.6 Å². The minimum atomic E-state index is -4.46. The minimum absolute atomic E-state index is 0.119. The van der Waals surface area contributed by atoms with Gasteiger partial charge in [0.2, 0.25) is 0 Å². The number of aliphatic hydroxyl groups is 1. The van der Waals surface area contributed by atoms with E-state index in [0.29, 0.717) is 12.8 Å². The molecule has 3 N–H and O–H groups in total. The van der Waals surface area contributed by atoms with Crippen LogP contribution in [0.2, 0.25) is 0 Å². The summed E-state index contributed by atoms with van der Waals surface area (Å²) in [5, 5.41) is 13.7. The van der Waals surface area contributed by atoms with Gasteiger partial charge in [-0.25, -0.2) is 4.79 Å². The van der Waals surface area contributed by atoms with E-state index in [1.807, 2.05) is 0 Å². The van der Waals surface area contributed by atoms with Gasteiger partial charge in [-0.05, 0) is 43.4 Å². The minimum Gasteiger partial charge on any atom is -0.396 e. The van der Waals surface area contributed by atoms with E-state index < -0.39 is 23.7 Å². The predicted octanol–water partition coefficient (Wildman–Crippen LogP) is 3.20. The van der Waals surface area contributed by atoms with Crippen molar-refractivity contribution in [2.75, 3.05) is 6.61 Å². The van der Waals surface area contributed by atoms with Gasteiger partial charge in [0.1, 0.15) is 6.04 Å². The lowest BCUT2D eigenvalue weighted by atomic mass is 9.86. The molecule has 1 fully saturated rings. The van der Waals surface area contributed by atoms with Crippen LogP contribution in [-0.4, -0.2) is 36.0 Å². The SMILES string of the molecule is CC(C)(C)C[C@H](NC(=O)NC1CCC(CO)CC1)C(F)(F)F. The molecule has 130 valence electrons. The maximum Gasteiger partial charge on any atom is 0.408 e. The molecule has 1 saturated carbocycles. The van der Waals surface area contributed by atoms with E-state index in [9.17, 15) is 18.0 Å². The number of nitrogens with one attached hydrogen (secondary N) is 2. The smallest absolute Gasteiger partial charge is 0.396 e. The molecule has 1 rings (SSSR count). The molecule has 0 aromatic heterocycles. The first-order valence-corrected chi connectivity index (χ1v) is 7.76. The van der Waals surface area contributed by atoms with Crippen molar-refractivity contribution < 1.29 is 23.1 Å². The Balaban J connectivity index is 2.50. The lowest BCUT2D eigenvalue weighted by Crippen LogP contribution is -2.53. The molecule has 0 radical (unpaired) electrons. The Morgan fingerprint density at radius 2 is 1.73 bits per heavy atom. The number of alkyl halides is 3. The Morgan fingerprint density at radius 3 is 2.14 bits per heavy atom. The number of hydrogen-bond acceptors (Lipinski definition) is 2. The lowest BCUT2D eigenvalue weighted by Gasteiger charge is -2.31. The van der Waals surface area contributed by atoms with Crippen molar-refractivity contribution in [1.29, 1.82) is 0 Å². The molecule has 22 heavy (non-hydrogen) atoms. The Kier molecular flexibility index (Phi) is 6.52. The summed E-state index contributed by atoms with van der Waals surface area (Å²) in [6.45, 7) is 5.26. The first kappa shape index (κ1) is 19.1. The largest absolute Gasteiger partial charge is 0.408 e. The quantitative estimate of drug-likeness (QED) is 0.744. The highest BCUT2D eigenvalue weighted by atomic mass is 19.4. The lowest BCUT2D eigenvalue weighted by molar-refractivity contribution is -0.159. The van der Waals surface area contributed by atoms with E-state index in [1.165, 1.54) is 0 Å². The molecule has 1 atom stereocenters. The molecule has 1 aliphatic carbocycles. The number of carbonyl (C=O) groups is 1. The van der Waals surface area contributed by atoms with Crippen molar-refractivity contribution in [3.63, 3.8) is 0 Å². The molecule has 0 heterocycles. The van der Waals surface area contributed by atoms with Crippen LogP contribution in [0.1, 0.15) is 52.9 Å². The van der Waals surface area contributed by atoms with Crippen LogP contribution in [0.4, 0.5) is 18.0 Å². The number of aliphatic hydroxyl groups excluding tert-OH is 1. The summed E-state index contributed by atoms with van der Waals surface area (Å²) in [5.41, 5.74) is -0.535. The second-order valence-electron chi connectivity index (χ2n) is 7.38. The second kappa shape index (κ2) is 7.53. The predicted molar refractivity (Wildman–Crippen MR) is 78.4 cm³/mol. The number of halogens is 3. The molecule has 0 unspecified atom stereocenters. The van der Waals surface area contributed by atoms with Crippen molar-refractivity contribution in [1.82, 2.24) is 10.6 Å². The number of carbonyl (C=O) groups excluding carboxylic acids is 1. The standard InChI is InChI=1S/C15H27F3N2O2/c1-14(2,3)8-12(15(16,17)18)20-13(22)19-11-6-4-10(9-21)5-7-11/h10-12,21H,4-9H2,1-3H3,(H2,19,20,22)/t10?,11?,12-/m0/s1. The van der Waals surface area contributed by atoms with Crippen molar-refractivity contribution >= 4 is 6.03 Å². The number of rotatable bonds is 4. The molecule has 0 aromatic rings. The fraction of sp³-hybridized carbons (Fsp3) is 0.933. The third-order valence-electron chi connectivity index (χ3n) is 3.96. The highest BCUT2D eigenvalue weighted by Gasteiger charge is 2.42. The number of hydrogen-bond donors (Lipinski definition) is 3. The van der Waals surface area contributed by atoms with Gasteiger partial charge in [-0.1, -0.05) is 20.8 Å². The Labute approximate surface area is 129 Å². The molecule has 2 amide bonds. The molecule has 0 bridgehead atoms. The van der Waals surface area contributed by atoms with Crippen LogP contribution in [0.25, 0.3) is 0 Å². The zero-order valence-electron chi connectivity index (χ0n) is 13.5. The van der Waals surface area contributed by atoms with Gasteiger partial charge in [-0.3, -0.25) is 0 Å². The third-order valence-corrected chi connectivity index (χ3v) is 3.96. The van der Waals surface area contributed by atoms with Crippen LogP contribution in [0, 0.1) is 11.3 Å². The van der Waals surface area contributed by atoms with Gasteiger partial charge >= 0.3 is 12.2 Å². The summed E-state index contributed by atoms with van der Waals surface area (Å²) in [6, 6.07) is -2.73. The summed E-state index contributed by atoms with van der Waals surface area (Å²) in [4.78, 5) is 11.8. The van der Waals surface area contributed by atoms with E-state index >= 15 is 0 Å². The Hall–Kier alpha value is -0.980. The molecule has 0 spiro atoms. The van der Waals surface area contributed by atoms with Crippen LogP contribution in [0.5, 0.6) is 0 Å². The van der Waals surface area contributed by atoms with E-state index in [1.54, 1.807) is 20.8 Å². The highest BCUT2D eigenvalue weighted by Crippen LogP contribution is 2.30. The first-order valence-electron chi connectivity index (χ1n) is 7.76. The van der Waals surface area contributed by atoms with Gasteiger partial charge in [0.15, 0.2) is 0 Å². The van der Waals surface area contributed by atoms with Crippen LogP contribution in [0.3, 0.4) is 0 Å². The molecule has 0 saturated heterocycles. The molecular weight excluding hydrogens is 297 g/mol. The normalized spacial score (nSPS) is 24.7. The number of urea groups is 1. The molecule has 1 aliphatic rings. The summed E-state index contributed by atoms with van der Waals surface area (Å²) >= 11 is 0. The maximum atomic E-state index is 13.0. The fourth-order valence-corrected chi connectivity index (χ4v) is 2.74. The van der Waals surface area contributed by atoms with Gasteiger partial charge in [-0.2, -0.15) is 13.2 Å². The molecule has 7 heteroatoms. The van der Waals surface area contributed by atoms with Crippen LogP contribution < -0.4 is 10.6 Å². The van der Waals surface area contributed by atoms with E-state index in [4.69, 9.17) is 5.11 Å². The van der Waals surface area contributed by atoms with Crippen molar-refractivity contribution in [3.8, 4) is 0 Å². The fourth-order valence-electron chi connectivity index (χ4n) is 2.74. The monoisotopic (exact) mass is 324 g/mol. The van der Waals surface area contributed by atoms with Gasteiger partial charge in [0.25, 0.3) is 0 Å². The zero-order chi connectivity index (χ0) is 17.0. The molecule has 0 aliphatic heterocycles. The third kappa shape index (κ3) is 6.85. The summed E-state index contributed by atoms with van der Waals surface area (Å²) in [5.74, 6) is 0.241.